The Morgan fingerprint density at radius 1 is 1.13 bits per heavy atom. The molecular formula is C24H33FN4O2+2. The predicted molar refractivity (Wildman–Crippen MR) is 118 cm³/mol. The molecule has 1 aliphatic heterocycles. The highest BCUT2D eigenvalue weighted by Gasteiger charge is 2.27. The number of benzene rings is 2. The average Bonchev–Trinajstić information content (AvgIpc) is 2.74. The molecule has 2 aromatic rings. The molecule has 1 atom stereocenters. The van der Waals surface area contributed by atoms with Crippen molar-refractivity contribution in [3.8, 4) is 0 Å². The molecule has 1 unspecified atom stereocenters. The smallest absolute Gasteiger partial charge is 0.279 e. The first kappa shape index (κ1) is 22.9. The van der Waals surface area contributed by atoms with Crippen LogP contribution >= 0.6 is 0 Å². The number of quaternary nitrogens is 2. The van der Waals surface area contributed by atoms with Crippen molar-refractivity contribution in [2.24, 2.45) is 0 Å². The van der Waals surface area contributed by atoms with E-state index < -0.39 is 0 Å². The second-order valence-electron chi connectivity index (χ2n) is 8.31. The Bertz CT molecular complexity index is 897. The fourth-order valence-electron chi connectivity index (χ4n) is 4.05. The van der Waals surface area contributed by atoms with E-state index in [1.54, 1.807) is 6.07 Å². The highest BCUT2D eigenvalue weighted by atomic mass is 19.1. The van der Waals surface area contributed by atoms with Crippen LogP contribution in [0.5, 0.6) is 0 Å². The molecule has 0 radical (unpaired) electrons. The summed E-state index contributed by atoms with van der Waals surface area (Å²) < 4.78 is 13.3. The van der Waals surface area contributed by atoms with E-state index in [0.717, 1.165) is 41.2 Å². The van der Waals surface area contributed by atoms with Gasteiger partial charge in [0.25, 0.3) is 11.8 Å². The van der Waals surface area contributed by atoms with Gasteiger partial charge in [0, 0.05) is 11.3 Å². The van der Waals surface area contributed by atoms with E-state index in [0.29, 0.717) is 32.7 Å². The fourth-order valence-corrected chi connectivity index (χ4v) is 4.05. The zero-order valence-electron chi connectivity index (χ0n) is 18.4. The van der Waals surface area contributed by atoms with Gasteiger partial charge in [0.15, 0.2) is 13.1 Å². The quantitative estimate of drug-likeness (QED) is 0.544. The maximum absolute atomic E-state index is 13.3. The predicted octanol–water partition coefficient (Wildman–Crippen LogP) is -0.231. The monoisotopic (exact) mass is 428 g/mol. The molecule has 0 bridgehead atoms. The number of amides is 2. The molecule has 0 spiro atoms. The van der Waals surface area contributed by atoms with Crippen LogP contribution < -0.4 is 15.1 Å². The number of para-hydroxylation sites is 1. The second kappa shape index (κ2) is 11.0. The van der Waals surface area contributed by atoms with Crippen LogP contribution in [0.2, 0.25) is 0 Å². The van der Waals surface area contributed by atoms with Crippen LogP contribution in [0.1, 0.15) is 18.1 Å². The number of piperazine rings is 1. The van der Waals surface area contributed by atoms with Crippen LogP contribution in [0.3, 0.4) is 0 Å². The normalized spacial score (nSPS) is 15.5. The SMILES string of the molecule is CCc1ccccc1NC(=O)C[NH+]1CCN(C(=O)C[NH+](C)Cc2cccc(F)c2)CC1. The van der Waals surface area contributed by atoms with E-state index in [9.17, 15) is 14.0 Å². The lowest BCUT2D eigenvalue weighted by atomic mass is 10.1. The number of hydrogen-bond acceptors (Lipinski definition) is 2. The number of halogens is 1. The van der Waals surface area contributed by atoms with Crippen molar-refractivity contribution in [1.82, 2.24) is 4.90 Å². The van der Waals surface area contributed by atoms with Gasteiger partial charge >= 0.3 is 0 Å². The standard InChI is InChI=1S/C24H31FN4O2/c1-3-20-8-4-5-10-22(20)26-23(30)17-28-11-13-29(14-12-28)24(31)18-27(2)16-19-7-6-9-21(25)15-19/h4-10,15H,3,11-14,16-18H2,1-2H3,(H,26,30)/p+2. The summed E-state index contributed by atoms with van der Waals surface area (Å²) in [6.07, 6.45) is 0.875. The zero-order chi connectivity index (χ0) is 22.2. The first-order valence-corrected chi connectivity index (χ1v) is 11.0. The third-order valence-corrected chi connectivity index (χ3v) is 5.75. The van der Waals surface area contributed by atoms with Gasteiger partial charge in [-0.3, -0.25) is 9.59 Å². The largest absolute Gasteiger partial charge is 0.327 e. The number of carbonyl (C=O) groups excluding carboxylic acids is 2. The van der Waals surface area contributed by atoms with Gasteiger partial charge < -0.3 is 20.0 Å². The van der Waals surface area contributed by atoms with Crippen LogP contribution in [0.15, 0.2) is 48.5 Å². The van der Waals surface area contributed by atoms with Crippen molar-refractivity contribution in [3.63, 3.8) is 0 Å². The summed E-state index contributed by atoms with van der Waals surface area (Å²) in [7, 11) is 1.95. The molecule has 166 valence electrons. The van der Waals surface area contributed by atoms with Gasteiger partial charge in [-0.05, 0) is 30.2 Å². The lowest BCUT2D eigenvalue weighted by molar-refractivity contribution is -0.896. The van der Waals surface area contributed by atoms with Crippen molar-refractivity contribution in [1.29, 1.82) is 0 Å². The molecule has 1 heterocycles. The summed E-state index contributed by atoms with van der Waals surface area (Å²) in [5.74, 6) is -0.137. The van der Waals surface area contributed by atoms with Crippen molar-refractivity contribution in [3.05, 3.63) is 65.5 Å². The number of rotatable bonds is 8. The average molecular weight is 429 g/mol. The zero-order valence-corrected chi connectivity index (χ0v) is 18.4. The van der Waals surface area contributed by atoms with Gasteiger partial charge in [-0.15, -0.1) is 0 Å². The van der Waals surface area contributed by atoms with E-state index in [1.807, 2.05) is 42.3 Å². The summed E-state index contributed by atoms with van der Waals surface area (Å²) in [4.78, 5) is 29.2. The van der Waals surface area contributed by atoms with Crippen molar-refractivity contribution in [2.45, 2.75) is 19.9 Å². The van der Waals surface area contributed by atoms with E-state index in [1.165, 1.54) is 17.0 Å². The molecule has 2 amide bonds. The Morgan fingerprint density at radius 2 is 1.87 bits per heavy atom. The van der Waals surface area contributed by atoms with Crippen molar-refractivity contribution < 1.29 is 23.8 Å². The summed E-state index contributed by atoms with van der Waals surface area (Å²) in [5.41, 5.74) is 2.90. The number of likely N-dealkylation sites (N-methyl/N-ethyl adjacent to an activating group) is 1. The molecule has 3 N–H and O–H groups in total. The fraction of sp³-hybridized carbons (Fsp3) is 0.417. The summed E-state index contributed by atoms with van der Waals surface area (Å²) in [6.45, 7) is 6.29. The van der Waals surface area contributed by atoms with Crippen LogP contribution in [0.4, 0.5) is 10.1 Å². The lowest BCUT2D eigenvalue weighted by Gasteiger charge is -2.32. The minimum absolute atomic E-state index is 0.00921. The number of nitrogens with one attached hydrogen (secondary N) is 3. The number of aryl methyl sites for hydroxylation is 1. The third-order valence-electron chi connectivity index (χ3n) is 5.75. The molecule has 6 nitrogen and oxygen atoms in total. The molecule has 1 saturated heterocycles. The topological polar surface area (TPSA) is 58.3 Å². The highest BCUT2D eigenvalue weighted by molar-refractivity contribution is 5.92. The van der Waals surface area contributed by atoms with Gasteiger partial charge in [-0.2, -0.15) is 0 Å². The van der Waals surface area contributed by atoms with Crippen LogP contribution in [-0.2, 0) is 22.6 Å². The van der Waals surface area contributed by atoms with Gasteiger partial charge in [0.2, 0.25) is 0 Å². The van der Waals surface area contributed by atoms with Gasteiger partial charge in [-0.1, -0.05) is 37.3 Å². The Balaban J connectivity index is 1.41. The van der Waals surface area contributed by atoms with Crippen LogP contribution in [0.25, 0.3) is 0 Å². The van der Waals surface area contributed by atoms with Gasteiger partial charge in [0.1, 0.15) is 12.4 Å². The van der Waals surface area contributed by atoms with Crippen molar-refractivity contribution >= 4 is 17.5 Å². The number of anilines is 1. The molecule has 1 fully saturated rings. The molecule has 3 rings (SSSR count). The minimum atomic E-state index is -0.252. The first-order chi connectivity index (χ1) is 14.9. The Kier molecular flexibility index (Phi) is 8.14. The van der Waals surface area contributed by atoms with E-state index >= 15 is 0 Å². The molecule has 0 aliphatic carbocycles. The molecular weight excluding hydrogens is 395 g/mol. The third kappa shape index (κ3) is 6.87. The Hall–Kier alpha value is -2.77. The maximum Gasteiger partial charge on any atom is 0.279 e. The Morgan fingerprint density at radius 3 is 2.58 bits per heavy atom. The number of carbonyl (C=O) groups is 2. The molecule has 0 saturated carbocycles. The molecule has 7 heteroatoms. The summed E-state index contributed by atoms with van der Waals surface area (Å²) in [5, 5.41) is 3.03. The minimum Gasteiger partial charge on any atom is -0.327 e. The lowest BCUT2D eigenvalue weighted by Crippen LogP contribution is -3.16. The maximum atomic E-state index is 13.3. The molecule has 0 aromatic heterocycles. The van der Waals surface area contributed by atoms with Gasteiger partial charge in [-0.25, -0.2) is 4.39 Å². The van der Waals surface area contributed by atoms with E-state index in [-0.39, 0.29) is 17.6 Å². The number of nitrogens with zero attached hydrogens (tertiary/aromatic N) is 1. The second-order valence-corrected chi connectivity index (χ2v) is 8.31. The van der Waals surface area contributed by atoms with Crippen molar-refractivity contribution in [2.75, 3.05) is 51.6 Å². The molecule has 2 aromatic carbocycles. The summed E-state index contributed by atoms with van der Waals surface area (Å²) in [6, 6.07) is 14.4. The molecule has 1 aliphatic rings. The first-order valence-electron chi connectivity index (χ1n) is 11.0. The molecule has 31 heavy (non-hydrogen) atoms. The van der Waals surface area contributed by atoms with E-state index in [4.69, 9.17) is 0 Å². The van der Waals surface area contributed by atoms with E-state index in [2.05, 4.69) is 12.2 Å². The highest BCUT2D eigenvalue weighted by Crippen LogP contribution is 2.14. The Labute approximate surface area is 183 Å². The van der Waals surface area contributed by atoms with Crippen LogP contribution in [-0.4, -0.2) is 63.0 Å². The van der Waals surface area contributed by atoms with Gasteiger partial charge in [0.05, 0.1) is 33.2 Å². The summed E-state index contributed by atoms with van der Waals surface area (Å²) >= 11 is 0. The van der Waals surface area contributed by atoms with Crippen LogP contribution in [0, 0.1) is 5.82 Å². The number of hydrogen-bond donors (Lipinski definition) is 3.